The molecule has 115 valence electrons. The molecule has 21 heavy (non-hydrogen) atoms. The summed E-state index contributed by atoms with van der Waals surface area (Å²) < 4.78 is 0.839. The summed E-state index contributed by atoms with van der Waals surface area (Å²) in [6.45, 7) is 22.1. The van der Waals surface area contributed by atoms with E-state index in [-0.39, 0.29) is 0 Å². The van der Waals surface area contributed by atoms with E-state index >= 15 is 0 Å². The summed E-state index contributed by atoms with van der Waals surface area (Å²) in [6, 6.07) is 0. The first-order chi connectivity index (χ1) is 9.55. The van der Waals surface area contributed by atoms with Gasteiger partial charge in [-0.1, -0.05) is 0 Å². The van der Waals surface area contributed by atoms with Crippen LogP contribution in [-0.2, 0) is 20.9 Å². The van der Waals surface area contributed by atoms with Gasteiger partial charge in [-0.15, -0.1) is 0 Å². The van der Waals surface area contributed by atoms with Crippen molar-refractivity contribution in [3.63, 3.8) is 0 Å². The van der Waals surface area contributed by atoms with Gasteiger partial charge in [-0.3, -0.25) is 0 Å². The van der Waals surface area contributed by atoms with Crippen LogP contribution in [0.15, 0.2) is 46.1 Å². The van der Waals surface area contributed by atoms with Gasteiger partial charge in [-0.05, 0) is 0 Å². The fourth-order valence-electron chi connectivity index (χ4n) is 4.60. The predicted octanol–water partition coefficient (Wildman–Crippen LogP) is 6.15. The van der Waals surface area contributed by atoms with Crippen molar-refractivity contribution in [2.24, 2.45) is 0 Å². The number of hydrogen-bond donors (Lipinski definition) is 0. The van der Waals surface area contributed by atoms with Crippen LogP contribution >= 0.6 is 0 Å². The second-order valence-electron chi connectivity index (χ2n) is 7.69. The third-order valence-electron chi connectivity index (χ3n) is 6.17. The van der Waals surface area contributed by atoms with Gasteiger partial charge in [0.2, 0.25) is 0 Å². The summed E-state index contributed by atoms with van der Waals surface area (Å²) in [5, 5.41) is 0. The van der Waals surface area contributed by atoms with E-state index in [4.69, 9.17) is 0 Å². The van der Waals surface area contributed by atoms with Crippen LogP contribution in [0.2, 0.25) is 19.3 Å². The Kier molecular flexibility index (Phi) is 4.65. The zero-order chi connectivity index (χ0) is 16.2. The summed E-state index contributed by atoms with van der Waals surface area (Å²) in [5.74, 6) is -0.652. The number of hydrogen-bond acceptors (Lipinski definition) is 0. The fourth-order valence-corrected chi connectivity index (χ4v) is 35.5. The first kappa shape index (κ1) is 17.4. The summed E-state index contributed by atoms with van der Waals surface area (Å²) in [7, 11) is 0. The van der Waals surface area contributed by atoms with Crippen molar-refractivity contribution in [3.8, 4) is 0 Å². The van der Waals surface area contributed by atoms with Crippen molar-refractivity contribution in [2.45, 2.75) is 67.8 Å². The van der Waals surface area contributed by atoms with Crippen LogP contribution in [0.1, 0.15) is 48.5 Å². The quantitative estimate of drug-likeness (QED) is 0.517. The Bertz CT molecular complexity index is 591. The summed E-state index contributed by atoms with van der Waals surface area (Å²) in [5.41, 5.74) is 7.97. The summed E-state index contributed by atoms with van der Waals surface area (Å²) >= 11 is -1.74. The topological polar surface area (TPSA) is 0 Å². The van der Waals surface area contributed by atoms with Gasteiger partial charge in [0.1, 0.15) is 0 Å². The van der Waals surface area contributed by atoms with Gasteiger partial charge in [0.25, 0.3) is 0 Å². The van der Waals surface area contributed by atoms with Crippen molar-refractivity contribution in [1.29, 1.82) is 0 Å². The first-order valence-corrected chi connectivity index (χ1v) is 17.8. The molecule has 0 fully saturated rings. The molecule has 0 saturated carbocycles. The molecule has 2 atom stereocenters. The maximum absolute atomic E-state index is 2.65. The van der Waals surface area contributed by atoms with Crippen molar-refractivity contribution in [2.75, 3.05) is 0 Å². The monoisotopic (exact) mass is 377 g/mol. The molecule has 2 rings (SSSR count). The Morgan fingerprint density at radius 3 is 1.81 bits per heavy atom. The van der Waals surface area contributed by atoms with E-state index in [0.717, 1.165) is 0 Å². The number of rotatable bonds is 3. The minimum atomic E-state index is -1.74. The summed E-state index contributed by atoms with van der Waals surface area (Å²) in [4.78, 5) is 0. The molecule has 2 unspecified atom stereocenters. The van der Waals surface area contributed by atoms with Gasteiger partial charge < -0.3 is 0 Å². The molecule has 2 heteroatoms. The van der Waals surface area contributed by atoms with E-state index in [1.165, 1.54) is 11.1 Å². The van der Waals surface area contributed by atoms with Crippen LogP contribution < -0.4 is 0 Å². The van der Waals surface area contributed by atoms with Crippen LogP contribution in [-0.4, -0.2) is 5.92 Å². The van der Waals surface area contributed by atoms with Crippen molar-refractivity contribution >= 4 is 5.92 Å². The Hall–Kier alpha value is 0.0600. The molecule has 0 amide bonds. The third-order valence-corrected chi connectivity index (χ3v) is 31.0. The molecular formula is C19H31SiZr. The molecular weight excluding hydrogens is 348 g/mol. The van der Waals surface area contributed by atoms with Gasteiger partial charge in [0.05, 0.1) is 0 Å². The molecule has 0 bridgehead atoms. The Labute approximate surface area is 140 Å². The molecule has 0 saturated heterocycles. The zero-order valence-corrected chi connectivity index (χ0v) is 18.9. The number of allylic oxidation sites excluding steroid dienone is 8. The van der Waals surface area contributed by atoms with Gasteiger partial charge >= 0.3 is 141 Å². The van der Waals surface area contributed by atoms with Gasteiger partial charge in [0, 0.05) is 0 Å². The summed E-state index contributed by atoms with van der Waals surface area (Å²) in [6.07, 6.45) is 7.63. The molecule has 0 aromatic heterocycles. The fraction of sp³-hybridized carbons (Fsp3) is 0.579. The molecule has 2 aliphatic rings. The van der Waals surface area contributed by atoms with Crippen LogP contribution in [0, 0.1) is 0 Å². The molecule has 0 heterocycles. The first-order valence-electron chi connectivity index (χ1n) is 8.18. The van der Waals surface area contributed by atoms with E-state index in [2.05, 4.69) is 79.8 Å². The Balaban J connectivity index is 2.61. The van der Waals surface area contributed by atoms with Gasteiger partial charge in [-0.2, -0.15) is 0 Å². The van der Waals surface area contributed by atoms with Gasteiger partial charge in [0.15, 0.2) is 0 Å². The predicted molar refractivity (Wildman–Crippen MR) is 95.3 cm³/mol. The van der Waals surface area contributed by atoms with E-state index in [9.17, 15) is 0 Å². The molecule has 0 aliphatic heterocycles. The third kappa shape index (κ3) is 2.51. The second-order valence-corrected chi connectivity index (χ2v) is 29.1. The SMILES string of the molecule is CC1=C[C](C)([Zr]([SiH](C)C)[C]2(C)C=CC(C)=C2C)C(C)=C1C. The molecule has 0 N–H and O–H groups in total. The average Bonchev–Trinajstić information content (AvgIpc) is 2.74. The second kappa shape index (κ2) is 5.60. The van der Waals surface area contributed by atoms with Crippen LogP contribution in [0.5, 0.6) is 0 Å². The molecule has 0 radical (unpaired) electrons. The van der Waals surface area contributed by atoms with E-state index < -0.39 is 26.8 Å². The van der Waals surface area contributed by atoms with Gasteiger partial charge in [-0.25, -0.2) is 0 Å². The normalized spacial score (nSPS) is 32.6. The molecule has 0 aromatic rings. The van der Waals surface area contributed by atoms with Crippen molar-refractivity contribution in [1.82, 2.24) is 0 Å². The maximum atomic E-state index is 2.65. The average molecular weight is 379 g/mol. The Morgan fingerprint density at radius 1 is 0.905 bits per heavy atom. The molecule has 2 aliphatic carbocycles. The van der Waals surface area contributed by atoms with E-state index in [1.807, 2.05) is 0 Å². The van der Waals surface area contributed by atoms with Crippen LogP contribution in [0.4, 0.5) is 0 Å². The minimum absolute atomic E-state index is 0.418. The standard InChI is InChI=1S/C9H13.C8H11.C2H7Si.Zr/c1-6-5-7(2)9(4)8(6)3;1-6-4-5-7(2)8(6)3;1-3-2;/h5H,1-4H3;4-5H,1-3H3;3H,1-2H3;. The molecule has 0 aromatic carbocycles. The molecule has 0 spiro atoms. The van der Waals surface area contributed by atoms with E-state index in [0.29, 0.717) is 6.25 Å². The van der Waals surface area contributed by atoms with Crippen LogP contribution in [0.25, 0.3) is 0 Å². The molecule has 0 nitrogen and oxygen atoms in total. The van der Waals surface area contributed by atoms with Crippen LogP contribution in [0.3, 0.4) is 0 Å². The van der Waals surface area contributed by atoms with E-state index in [1.54, 1.807) is 16.7 Å². The Morgan fingerprint density at radius 2 is 1.48 bits per heavy atom. The zero-order valence-electron chi connectivity index (χ0n) is 15.3. The van der Waals surface area contributed by atoms with Crippen molar-refractivity contribution in [3.05, 3.63) is 46.1 Å². The van der Waals surface area contributed by atoms with Crippen molar-refractivity contribution < 1.29 is 20.9 Å².